The van der Waals surface area contributed by atoms with E-state index < -0.39 is 0 Å². The standard InChI is InChI=1S/C16H27N3O2/c1-4-19-9-6-13(17-19)12-18-10-8-16(21-3)7-5-14(20-2)11-15(16)18/h6,9,14-15H,4-5,7-8,10-12H2,1-3H3/t14-,15-,16+/m0/s1. The molecular formula is C16H27N3O2. The molecule has 1 aromatic heterocycles. The lowest BCUT2D eigenvalue weighted by Crippen LogP contribution is -2.51. The van der Waals surface area contributed by atoms with Crippen molar-refractivity contribution in [2.45, 2.75) is 63.4 Å². The van der Waals surface area contributed by atoms with Crippen molar-refractivity contribution in [2.75, 3.05) is 20.8 Å². The van der Waals surface area contributed by atoms with Crippen LogP contribution >= 0.6 is 0 Å². The number of nitrogens with zero attached hydrogens (tertiary/aromatic N) is 3. The molecule has 118 valence electrons. The number of fused-ring (bicyclic) bond motifs is 1. The van der Waals surface area contributed by atoms with Crippen molar-refractivity contribution in [3.8, 4) is 0 Å². The molecule has 0 aromatic carbocycles. The van der Waals surface area contributed by atoms with Crippen molar-refractivity contribution >= 4 is 0 Å². The van der Waals surface area contributed by atoms with Gasteiger partial charge >= 0.3 is 0 Å². The van der Waals surface area contributed by atoms with Crippen LogP contribution in [0.15, 0.2) is 12.3 Å². The smallest absolute Gasteiger partial charge is 0.0847 e. The first-order valence-corrected chi connectivity index (χ1v) is 8.05. The van der Waals surface area contributed by atoms with Crippen LogP contribution in [0.4, 0.5) is 0 Å². The third-order valence-corrected chi connectivity index (χ3v) is 5.37. The van der Waals surface area contributed by atoms with Gasteiger partial charge in [-0.1, -0.05) is 0 Å². The largest absolute Gasteiger partial charge is 0.381 e. The Hall–Kier alpha value is -0.910. The van der Waals surface area contributed by atoms with Crippen LogP contribution in [0, 0.1) is 0 Å². The van der Waals surface area contributed by atoms with Crippen molar-refractivity contribution in [2.24, 2.45) is 0 Å². The summed E-state index contributed by atoms with van der Waals surface area (Å²) < 4.78 is 13.6. The maximum absolute atomic E-state index is 5.97. The molecule has 2 aliphatic rings. The van der Waals surface area contributed by atoms with E-state index in [1.807, 2.05) is 18.9 Å². The van der Waals surface area contributed by atoms with Gasteiger partial charge in [0.2, 0.25) is 0 Å². The summed E-state index contributed by atoms with van der Waals surface area (Å²) in [5.74, 6) is 0. The molecule has 1 saturated heterocycles. The highest BCUT2D eigenvalue weighted by molar-refractivity contribution is 5.08. The maximum atomic E-state index is 5.97. The van der Waals surface area contributed by atoms with E-state index in [0.29, 0.717) is 12.1 Å². The molecule has 1 aromatic rings. The average Bonchev–Trinajstić information content (AvgIpc) is 3.12. The van der Waals surface area contributed by atoms with Gasteiger partial charge in [0.15, 0.2) is 0 Å². The number of likely N-dealkylation sites (tertiary alicyclic amines) is 1. The third kappa shape index (κ3) is 2.74. The summed E-state index contributed by atoms with van der Waals surface area (Å²) in [5, 5.41) is 4.62. The molecule has 0 N–H and O–H groups in total. The SMILES string of the molecule is CCn1ccc(CN2CC[C@]3(OC)CC[C@H](OC)C[C@H]23)n1. The first-order valence-electron chi connectivity index (χ1n) is 8.05. The van der Waals surface area contributed by atoms with Gasteiger partial charge in [-0.05, 0) is 38.7 Å². The minimum absolute atomic E-state index is 0.0301. The van der Waals surface area contributed by atoms with Crippen molar-refractivity contribution < 1.29 is 9.47 Å². The van der Waals surface area contributed by atoms with Gasteiger partial charge in [-0.25, -0.2) is 0 Å². The number of methoxy groups -OCH3 is 2. The molecule has 2 fully saturated rings. The molecule has 3 atom stereocenters. The molecule has 5 nitrogen and oxygen atoms in total. The monoisotopic (exact) mass is 293 g/mol. The summed E-state index contributed by atoms with van der Waals surface area (Å²) in [6, 6.07) is 2.58. The summed E-state index contributed by atoms with van der Waals surface area (Å²) in [4.78, 5) is 2.54. The van der Waals surface area contributed by atoms with E-state index >= 15 is 0 Å². The quantitative estimate of drug-likeness (QED) is 0.833. The average molecular weight is 293 g/mol. The lowest BCUT2D eigenvalue weighted by Gasteiger charge is -2.43. The van der Waals surface area contributed by atoms with Crippen molar-refractivity contribution in [1.29, 1.82) is 0 Å². The van der Waals surface area contributed by atoms with Crippen LogP contribution in [0.25, 0.3) is 0 Å². The molecular weight excluding hydrogens is 266 g/mol. The Kier molecular flexibility index (Phi) is 4.33. The van der Waals surface area contributed by atoms with E-state index in [2.05, 4.69) is 29.2 Å². The molecule has 0 bridgehead atoms. The van der Waals surface area contributed by atoms with Crippen LogP contribution in [0.5, 0.6) is 0 Å². The predicted molar refractivity (Wildman–Crippen MR) is 81.1 cm³/mol. The van der Waals surface area contributed by atoms with Crippen LogP contribution in [0.1, 0.15) is 38.3 Å². The number of hydrogen-bond acceptors (Lipinski definition) is 4. The molecule has 1 saturated carbocycles. The zero-order chi connectivity index (χ0) is 14.9. The van der Waals surface area contributed by atoms with Crippen molar-refractivity contribution in [1.82, 2.24) is 14.7 Å². The molecule has 1 aliphatic carbocycles. The topological polar surface area (TPSA) is 39.5 Å². The van der Waals surface area contributed by atoms with Crippen LogP contribution < -0.4 is 0 Å². The number of ether oxygens (including phenoxy) is 2. The van der Waals surface area contributed by atoms with E-state index in [1.54, 1.807) is 0 Å². The molecule has 0 unspecified atom stereocenters. The van der Waals surface area contributed by atoms with Crippen molar-refractivity contribution in [3.63, 3.8) is 0 Å². The van der Waals surface area contributed by atoms with Crippen LogP contribution in [-0.4, -0.2) is 53.2 Å². The Morgan fingerprint density at radius 1 is 1.38 bits per heavy atom. The van der Waals surface area contributed by atoms with Gasteiger partial charge in [0.1, 0.15) is 0 Å². The molecule has 1 aliphatic heterocycles. The Morgan fingerprint density at radius 3 is 2.90 bits per heavy atom. The molecule has 3 rings (SSSR count). The minimum Gasteiger partial charge on any atom is -0.381 e. The fraction of sp³-hybridized carbons (Fsp3) is 0.812. The van der Waals surface area contributed by atoms with E-state index in [4.69, 9.17) is 9.47 Å². The van der Waals surface area contributed by atoms with Gasteiger partial charge in [0, 0.05) is 46.1 Å². The van der Waals surface area contributed by atoms with Gasteiger partial charge < -0.3 is 9.47 Å². The predicted octanol–water partition coefficient (Wildman–Crippen LogP) is 2.06. The summed E-state index contributed by atoms with van der Waals surface area (Å²) in [7, 11) is 3.70. The Labute approximate surface area is 127 Å². The number of hydrogen-bond donors (Lipinski definition) is 0. The second-order valence-electron chi connectivity index (χ2n) is 6.30. The highest BCUT2D eigenvalue weighted by atomic mass is 16.5. The van der Waals surface area contributed by atoms with Crippen LogP contribution in [0.2, 0.25) is 0 Å². The van der Waals surface area contributed by atoms with Gasteiger partial charge in [-0.2, -0.15) is 5.10 Å². The Balaban J connectivity index is 1.73. The molecule has 2 heterocycles. The Bertz CT molecular complexity index is 476. The second-order valence-corrected chi connectivity index (χ2v) is 6.30. The first-order chi connectivity index (χ1) is 10.2. The molecule has 0 spiro atoms. The van der Waals surface area contributed by atoms with Gasteiger partial charge in [0.05, 0.1) is 17.4 Å². The zero-order valence-electron chi connectivity index (χ0n) is 13.4. The van der Waals surface area contributed by atoms with Crippen LogP contribution in [-0.2, 0) is 22.6 Å². The minimum atomic E-state index is 0.0301. The fourth-order valence-electron chi connectivity index (χ4n) is 4.03. The highest BCUT2D eigenvalue weighted by Gasteiger charge is 2.51. The highest BCUT2D eigenvalue weighted by Crippen LogP contribution is 2.43. The van der Waals surface area contributed by atoms with E-state index in [0.717, 1.165) is 51.0 Å². The number of aryl methyl sites for hydroxylation is 1. The molecule has 21 heavy (non-hydrogen) atoms. The summed E-state index contributed by atoms with van der Waals surface area (Å²) in [6.07, 6.45) is 6.84. The maximum Gasteiger partial charge on any atom is 0.0847 e. The first kappa shape index (κ1) is 15.0. The van der Waals surface area contributed by atoms with Crippen LogP contribution in [0.3, 0.4) is 0 Å². The third-order valence-electron chi connectivity index (χ3n) is 5.37. The lowest BCUT2D eigenvalue weighted by molar-refractivity contribution is -0.0948. The van der Waals surface area contributed by atoms with Crippen molar-refractivity contribution in [3.05, 3.63) is 18.0 Å². The molecule has 0 radical (unpaired) electrons. The summed E-state index contributed by atoms with van der Waals surface area (Å²) in [5.41, 5.74) is 1.19. The lowest BCUT2D eigenvalue weighted by atomic mass is 9.79. The summed E-state index contributed by atoms with van der Waals surface area (Å²) in [6.45, 7) is 5.05. The van der Waals surface area contributed by atoms with E-state index in [9.17, 15) is 0 Å². The van der Waals surface area contributed by atoms with E-state index in [1.165, 1.54) is 0 Å². The van der Waals surface area contributed by atoms with Gasteiger partial charge in [0.25, 0.3) is 0 Å². The fourth-order valence-corrected chi connectivity index (χ4v) is 4.03. The van der Waals surface area contributed by atoms with Gasteiger partial charge in [-0.15, -0.1) is 0 Å². The normalized spacial score (nSPS) is 33.3. The molecule has 5 heteroatoms. The van der Waals surface area contributed by atoms with Gasteiger partial charge in [-0.3, -0.25) is 9.58 Å². The number of aromatic nitrogens is 2. The summed E-state index contributed by atoms with van der Waals surface area (Å²) >= 11 is 0. The number of rotatable bonds is 5. The Morgan fingerprint density at radius 2 is 2.24 bits per heavy atom. The molecule has 0 amide bonds. The van der Waals surface area contributed by atoms with E-state index in [-0.39, 0.29) is 5.60 Å². The zero-order valence-corrected chi connectivity index (χ0v) is 13.4. The second kappa shape index (κ2) is 6.07.